The number of hydrogen-bond acceptors (Lipinski definition) is 4. The van der Waals surface area contributed by atoms with E-state index in [9.17, 15) is 9.90 Å². The van der Waals surface area contributed by atoms with Crippen molar-refractivity contribution in [3.05, 3.63) is 59.7 Å². The van der Waals surface area contributed by atoms with Crippen molar-refractivity contribution < 1.29 is 9.90 Å². The third-order valence-electron chi connectivity index (χ3n) is 4.11. The number of aryl methyl sites for hydroxylation is 1. The van der Waals surface area contributed by atoms with E-state index in [0.717, 1.165) is 17.8 Å². The zero-order valence-corrected chi connectivity index (χ0v) is 12.6. The van der Waals surface area contributed by atoms with Crippen molar-refractivity contribution in [2.24, 2.45) is 0 Å². The van der Waals surface area contributed by atoms with Gasteiger partial charge < -0.3 is 10.0 Å². The molecule has 5 heteroatoms. The van der Waals surface area contributed by atoms with Crippen molar-refractivity contribution >= 4 is 5.91 Å². The Hall–Kier alpha value is -2.27. The molecule has 1 fully saturated rings. The second-order valence-corrected chi connectivity index (χ2v) is 5.62. The number of hydrogen-bond donors (Lipinski definition) is 1. The second kappa shape index (κ2) is 5.85. The van der Waals surface area contributed by atoms with Crippen LogP contribution in [0.25, 0.3) is 0 Å². The monoisotopic (exact) mass is 297 g/mol. The minimum absolute atomic E-state index is 0.130. The zero-order chi connectivity index (χ0) is 15.6. The predicted molar refractivity (Wildman–Crippen MR) is 82.3 cm³/mol. The van der Waals surface area contributed by atoms with E-state index in [-0.39, 0.29) is 5.91 Å². The van der Waals surface area contributed by atoms with E-state index in [1.54, 1.807) is 17.3 Å². The maximum Gasteiger partial charge on any atom is 0.257 e. The average Bonchev–Trinajstić information content (AvgIpc) is 2.99. The van der Waals surface area contributed by atoms with Gasteiger partial charge in [-0.25, -0.2) is 9.97 Å². The Morgan fingerprint density at radius 1 is 1.27 bits per heavy atom. The van der Waals surface area contributed by atoms with Crippen molar-refractivity contribution in [3.8, 4) is 0 Å². The van der Waals surface area contributed by atoms with Crippen LogP contribution in [0.15, 0.2) is 42.7 Å². The fourth-order valence-electron chi connectivity index (χ4n) is 2.78. The van der Waals surface area contributed by atoms with Crippen LogP contribution in [-0.4, -0.2) is 39.0 Å². The zero-order valence-electron chi connectivity index (χ0n) is 12.6. The molecule has 0 aliphatic carbocycles. The molecule has 1 saturated heterocycles. The van der Waals surface area contributed by atoms with Crippen LogP contribution >= 0.6 is 0 Å². The molecule has 2 heterocycles. The predicted octanol–water partition coefficient (Wildman–Crippen LogP) is 1.77. The molecule has 1 atom stereocenters. The van der Waals surface area contributed by atoms with Crippen molar-refractivity contribution in [2.45, 2.75) is 25.4 Å². The highest BCUT2D eigenvalue weighted by atomic mass is 16.3. The molecule has 2 aromatic rings. The summed E-state index contributed by atoms with van der Waals surface area (Å²) in [6.07, 6.45) is 4.41. The number of aliphatic hydroxyl groups is 1. The molecule has 5 nitrogen and oxygen atoms in total. The standard InChI is InChI=1S/C17H19N3O2/c1-2-15-18-10-13(11-19-15)16(21)20-9-8-17(22,12-20)14-6-4-3-5-7-14/h3-7,10-11,22H,2,8-9,12H2,1H3/t17-/m1/s1. The molecule has 1 aromatic carbocycles. The highest BCUT2D eigenvalue weighted by Gasteiger charge is 2.39. The van der Waals surface area contributed by atoms with Crippen molar-refractivity contribution in [3.63, 3.8) is 0 Å². The van der Waals surface area contributed by atoms with E-state index >= 15 is 0 Å². The van der Waals surface area contributed by atoms with Gasteiger partial charge in [0.25, 0.3) is 5.91 Å². The molecule has 1 aromatic heterocycles. The number of benzene rings is 1. The molecule has 3 rings (SSSR count). The summed E-state index contributed by atoms with van der Waals surface area (Å²) in [7, 11) is 0. The normalized spacial score (nSPS) is 21.1. The van der Waals surface area contributed by atoms with Crippen LogP contribution in [0, 0.1) is 0 Å². The Kier molecular flexibility index (Phi) is 3.90. The number of carbonyl (C=O) groups excluding carboxylic acids is 1. The van der Waals surface area contributed by atoms with Gasteiger partial charge in [0.05, 0.1) is 12.1 Å². The largest absolute Gasteiger partial charge is 0.383 e. The van der Waals surface area contributed by atoms with Gasteiger partial charge in [-0.15, -0.1) is 0 Å². The van der Waals surface area contributed by atoms with E-state index in [0.29, 0.717) is 25.1 Å². The van der Waals surface area contributed by atoms with Gasteiger partial charge in [-0.05, 0) is 12.0 Å². The number of nitrogens with zero attached hydrogens (tertiary/aromatic N) is 3. The number of β-amino-alcohol motifs (C(OH)–C–C–N with tert-alkyl or cyclic N) is 1. The lowest BCUT2D eigenvalue weighted by Crippen LogP contribution is -2.34. The van der Waals surface area contributed by atoms with Gasteiger partial charge in [-0.2, -0.15) is 0 Å². The summed E-state index contributed by atoms with van der Waals surface area (Å²) >= 11 is 0. The molecule has 22 heavy (non-hydrogen) atoms. The summed E-state index contributed by atoms with van der Waals surface area (Å²) in [6, 6.07) is 9.50. The summed E-state index contributed by atoms with van der Waals surface area (Å²) < 4.78 is 0. The fraction of sp³-hybridized carbons (Fsp3) is 0.353. The van der Waals surface area contributed by atoms with Gasteiger partial charge in [0.2, 0.25) is 0 Å². The van der Waals surface area contributed by atoms with Gasteiger partial charge >= 0.3 is 0 Å². The maximum absolute atomic E-state index is 12.5. The Morgan fingerprint density at radius 2 is 1.95 bits per heavy atom. The molecule has 0 radical (unpaired) electrons. The number of aromatic nitrogens is 2. The minimum Gasteiger partial charge on any atom is -0.383 e. The lowest BCUT2D eigenvalue weighted by atomic mass is 9.93. The summed E-state index contributed by atoms with van der Waals surface area (Å²) in [5.41, 5.74) is 0.346. The van der Waals surface area contributed by atoms with Crippen LogP contribution in [0.4, 0.5) is 0 Å². The van der Waals surface area contributed by atoms with E-state index in [4.69, 9.17) is 0 Å². The van der Waals surface area contributed by atoms with Crippen molar-refractivity contribution in [2.75, 3.05) is 13.1 Å². The third kappa shape index (κ3) is 2.72. The van der Waals surface area contributed by atoms with Crippen LogP contribution in [0.3, 0.4) is 0 Å². The summed E-state index contributed by atoms with van der Waals surface area (Å²) in [4.78, 5) is 22.5. The van der Waals surface area contributed by atoms with Crippen LogP contribution in [-0.2, 0) is 12.0 Å². The molecule has 1 N–H and O–H groups in total. The molecule has 0 bridgehead atoms. The molecular weight excluding hydrogens is 278 g/mol. The first-order valence-corrected chi connectivity index (χ1v) is 7.50. The smallest absolute Gasteiger partial charge is 0.257 e. The van der Waals surface area contributed by atoms with Gasteiger partial charge in [-0.3, -0.25) is 4.79 Å². The highest BCUT2D eigenvalue weighted by Crippen LogP contribution is 2.32. The molecule has 0 unspecified atom stereocenters. The topological polar surface area (TPSA) is 66.3 Å². The van der Waals surface area contributed by atoms with Gasteiger partial charge in [0.15, 0.2) is 0 Å². The molecule has 1 aliphatic rings. The number of rotatable bonds is 3. The fourth-order valence-corrected chi connectivity index (χ4v) is 2.78. The Balaban J connectivity index is 1.75. The Bertz CT molecular complexity index is 657. The van der Waals surface area contributed by atoms with Crippen LogP contribution < -0.4 is 0 Å². The molecule has 0 saturated carbocycles. The Morgan fingerprint density at radius 3 is 2.59 bits per heavy atom. The van der Waals surface area contributed by atoms with E-state index in [2.05, 4.69) is 9.97 Å². The highest BCUT2D eigenvalue weighted by molar-refractivity contribution is 5.93. The second-order valence-electron chi connectivity index (χ2n) is 5.62. The van der Waals surface area contributed by atoms with Crippen LogP contribution in [0.1, 0.15) is 35.1 Å². The maximum atomic E-state index is 12.5. The van der Waals surface area contributed by atoms with Gasteiger partial charge in [-0.1, -0.05) is 37.3 Å². The molecule has 1 aliphatic heterocycles. The first kappa shape index (κ1) is 14.7. The van der Waals surface area contributed by atoms with E-state index in [1.165, 1.54) is 0 Å². The van der Waals surface area contributed by atoms with E-state index < -0.39 is 5.60 Å². The van der Waals surface area contributed by atoms with Crippen molar-refractivity contribution in [1.29, 1.82) is 0 Å². The first-order valence-electron chi connectivity index (χ1n) is 7.50. The number of amides is 1. The third-order valence-corrected chi connectivity index (χ3v) is 4.11. The number of likely N-dealkylation sites (tertiary alicyclic amines) is 1. The number of carbonyl (C=O) groups is 1. The first-order chi connectivity index (χ1) is 10.6. The van der Waals surface area contributed by atoms with E-state index in [1.807, 2.05) is 37.3 Å². The minimum atomic E-state index is -0.971. The molecule has 0 spiro atoms. The van der Waals surface area contributed by atoms with Gasteiger partial charge in [0, 0.05) is 25.4 Å². The quantitative estimate of drug-likeness (QED) is 0.937. The van der Waals surface area contributed by atoms with Crippen LogP contribution in [0.5, 0.6) is 0 Å². The average molecular weight is 297 g/mol. The van der Waals surface area contributed by atoms with Gasteiger partial charge in [0.1, 0.15) is 11.4 Å². The molecule has 114 valence electrons. The lowest BCUT2D eigenvalue weighted by molar-refractivity contribution is 0.0417. The Labute approximate surface area is 129 Å². The lowest BCUT2D eigenvalue weighted by Gasteiger charge is -2.23. The van der Waals surface area contributed by atoms with Crippen molar-refractivity contribution in [1.82, 2.24) is 14.9 Å². The summed E-state index contributed by atoms with van der Waals surface area (Å²) in [5, 5.41) is 10.8. The summed E-state index contributed by atoms with van der Waals surface area (Å²) in [6.45, 7) is 2.79. The SMILES string of the molecule is CCc1ncc(C(=O)N2CC[C@](O)(c3ccccc3)C2)cn1. The summed E-state index contributed by atoms with van der Waals surface area (Å²) in [5.74, 6) is 0.591. The molecule has 1 amide bonds. The molecular formula is C17H19N3O2. The van der Waals surface area contributed by atoms with Crippen LogP contribution in [0.2, 0.25) is 0 Å².